The molecule has 2 aliphatic heterocycles. The van der Waals surface area contributed by atoms with Gasteiger partial charge in [-0.3, -0.25) is 9.35 Å². The standard InChI is InChI=1S/C23H27ClFN3O4S/c24-16-5-3-15(4-6-16)22-2-1-9-27(10-11-28(22)33(31)32)23(30)20-14-26-13-19(20)18-8-7-17(29)12-21(18)25/h3-8,12,19-20,22,26,29H,1-2,9-11,13-14H2,(H,31,32)/t19-,20+,22?/m0/s1. The zero-order valence-corrected chi connectivity index (χ0v) is 19.6. The summed E-state index contributed by atoms with van der Waals surface area (Å²) in [5.74, 6) is -1.55. The fraction of sp³-hybridized carbons (Fsp3) is 0.435. The number of phenolic OH excluding ortho intramolecular Hbond substituents is 1. The van der Waals surface area contributed by atoms with E-state index in [0.29, 0.717) is 49.6 Å². The van der Waals surface area contributed by atoms with Crippen LogP contribution in [0, 0.1) is 11.7 Å². The largest absolute Gasteiger partial charge is 0.508 e. The van der Waals surface area contributed by atoms with Gasteiger partial charge in [-0.1, -0.05) is 29.8 Å². The smallest absolute Gasteiger partial charge is 0.235 e. The number of amides is 1. The molecule has 4 rings (SSSR count). The molecular weight excluding hydrogens is 469 g/mol. The summed E-state index contributed by atoms with van der Waals surface area (Å²) in [7, 11) is 0. The first-order valence-corrected chi connectivity index (χ1v) is 12.4. The maximum Gasteiger partial charge on any atom is 0.235 e. The fourth-order valence-electron chi connectivity index (χ4n) is 4.85. The van der Waals surface area contributed by atoms with Crippen LogP contribution in [0.5, 0.6) is 5.75 Å². The fourth-order valence-corrected chi connectivity index (χ4v) is 5.66. The first-order valence-electron chi connectivity index (χ1n) is 11.0. The molecule has 7 nitrogen and oxygen atoms in total. The molecule has 2 fully saturated rings. The summed E-state index contributed by atoms with van der Waals surface area (Å²) in [6, 6.07) is 11.0. The van der Waals surface area contributed by atoms with Crippen LogP contribution in [0.1, 0.15) is 35.9 Å². The summed E-state index contributed by atoms with van der Waals surface area (Å²) in [6.45, 7) is 1.97. The second-order valence-electron chi connectivity index (χ2n) is 8.48. The van der Waals surface area contributed by atoms with E-state index in [1.807, 2.05) is 12.1 Å². The number of benzene rings is 2. The molecule has 0 spiro atoms. The molecule has 33 heavy (non-hydrogen) atoms. The Balaban J connectivity index is 1.49. The summed E-state index contributed by atoms with van der Waals surface area (Å²) in [4.78, 5) is 15.2. The molecule has 2 aromatic carbocycles. The highest BCUT2D eigenvalue weighted by Crippen LogP contribution is 2.34. The molecule has 0 radical (unpaired) electrons. The van der Waals surface area contributed by atoms with Crippen molar-refractivity contribution in [3.05, 3.63) is 64.4 Å². The highest BCUT2D eigenvalue weighted by Gasteiger charge is 2.38. The van der Waals surface area contributed by atoms with Crippen LogP contribution in [0.2, 0.25) is 5.02 Å². The van der Waals surface area contributed by atoms with Gasteiger partial charge in [0.25, 0.3) is 0 Å². The lowest BCUT2D eigenvalue weighted by atomic mass is 9.87. The minimum Gasteiger partial charge on any atom is -0.508 e. The molecule has 2 aliphatic rings. The van der Waals surface area contributed by atoms with Crippen LogP contribution in [0.4, 0.5) is 4.39 Å². The van der Waals surface area contributed by atoms with Crippen molar-refractivity contribution in [2.75, 3.05) is 32.7 Å². The minimum atomic E-state index is -2.20. The van der Waals surface area contributed by atoms with E-state index in [4.69, 9.17) is 11.6 Å². The third-order valence-corrected chi connectivity index (χ3v) is 7.62. The van der Waals surface area contributed by atoms with Crippen molar-refractivity contribution in [2.45, 2.75) is 24.8 Å². The summed E-state index contributed by atoms with van der Waals surface area (Å²) in [6.07, 6.45) is 1.27. The maximum atomic E-state index is 14.5. The molecule has 1 amide bonds. The van der Waals surface area contributed by atoms with Crippen LogP contribution in [0.25, 0.3) is 0 Å². The first-order chi connectivity index (χ1) is 15.8. The molecule has 0 aliphatic carbocycles. The van der Waals surface area contributed by atoms with E-state index in [-0.39, 0.29) is 30.2 Å². The molecule has 0 bridgehead atoms. The van der Waals surface area contributed by atoms with Crippen LogP contribution >= 0.6 is 11.6 Å². The maximum absolute atomic E-state index is 14.5. The van der Waals surface area contributed by atoms with Crippen molar-refractivity contribution in [3.63, 3.8) is 0 Å². The van der Waals surface area contributed by atoms with E-state index in [2.05, 4.69) is 5.32 Å². The van der Waals surface area contributed by atoms with Crippen LogP contribution < -0.4 is 5.32 Å². The number of rotatable bonds is 4. The highest BCUT2D eigenvalue weighted by atomic mass is 35.5. The topological polar surface area (TPSA) is 93.1 Å². The van der Waals surface area contributed by atoms with Gasteiger partial charge in [-0.05, 0) is 42.2 Å². The number of nitrogens with zero attached hydrogens (tertiary/aromatic N) is 2. The molecule has 2 saturated heterocycles. The molecule has 10 heteroatoms. The summed E-state index contributed by atoms with van der Waals surface area (Å²) in [5.41, 5.74) is 1.31. The lowest BCUT2D eigenvalue weighted by molar-refractivity contribution is -0.136. The van der Waals surface area contributed by atoms with Gasteiger partial charge in [-0.25, -0.2) is 8.60 Å². The normalized spacial score (nSPS) is 25.4. The number of nitrogens with one attached hydrogen (secondary N) is 1. The average Bonchev–Trinajstić information content (AvgIpc) is 3.23. The Kier molecular flexibility index (Phi) is 7.65. The van der Waals surface area contributed by atoms with Crippen LogP contribution in [0.15, 0.2) is 42.5 Å². The van der Waals surface area contributed by atoms with Gasteiger partial charge in [0.1, 0.15) is 11.6 Å². The summed E-state index contributed by atoms with van der Waals surface area (Å²) in [5, 5.41) is 13.3. The van der Waals surface area contributed by atoms with Gasteiger partial charge in [-0.2, -0.15) is 4.31 Å². The van der Waals surface area contributed by atoms with Crippen molar-refractivity contribution < 1.29 is 23.1 Å². The van der Waals surface area contributed by atoms with Crippen molar-refractivity contribution in [1.29, 1.82) is 0 Å². The quantitative estimate of drug-likeness (QED) is 0.566. The third kappa shape index (κ3) is 5.38. The van der Waals surface area contributed by atoms with Gasteiger partial charge < -0.3 is 15.3 Å². The van der Waals surface area contributed by atoms with Crippen molar-refractivity contribution in [2.24, 2.45) is 5.92 Å². The second kappa shape index (κ2) is 10.5. The predicted octanol–water partition coefficient (Wildman–Crippen LogP) is 3.29. The zero-order chi connectivity index (χ0) is 23.5. The molecule has 0 aromatic heterocycles. The number of hydrogen-bond acceptors (Lipinski definition) is 4. The Morgan fingerprint density at radius 3 is 2.58 bits per heavy atom. The van der Waals surface area contributed by atoms with Gasteiger partial charge in [-0.15, -0.1) is 0 Å². The Morgan fingerprint density at radius 1 is 1.12 bits per heavy atom. The molecular formula is C23H27ClFN3O4S. The number of halogens is 2. The van der Waals surface area contributed by atoms with E-state index in [0.717, 1.165) is 11.6 Å². The number of hydrogen-bond donors (Lipinski definition) is 3. The summed E-state index contributed by atoms with van der Waals surface area (Å²) >= 11 is 3.79. The molecule has 2 unspecified atom stereocenters. The zero-order valence-electron chi connectivity index (χ0n) is 18.0. The third-order valence-electron chi connectivity index (χ3n) is 6.53. The number of carbonyl (C=O) groups excluding carboxylic acids is 1. The Labute approximate surface area is 199 Å². The highest BCUT2D eigenvalue weighted by molar-refractivity contribution is 7.76. The van der Waals surface area contributed by atoms with Crippen LogP contribution in [-0.4, -0.2) is 61.7 Å². The predicted molar refractivity (Wildman–Crippen MR) is 125 cm³/mol. The first kappa shape index (κ1) is 24.1. The number of aromatic hydroxyl groups is 1. The lowest BCUT2D eigenvalue weighted by Gasteiger charge is -2.36. The van der Waals surface area contributed by atoms with Crippen molar-refractivity contribution in [3.8, 4) is 5.75 Å². The Bertz CT molecular complexity index is 1030. The lowest BCUT2D eigenvalue weighted by Crippen LogP contribution is -2.46. The SMILES string of the molecule is O=C([C@@H]1CNC[C@H]1c1ccc(O)cc1F)N1CCCC(c2ccc(Cl)cc2)N(S(=O)O)CC1. The Hall–Kier alpha value is -2.04. The Morgan fingerprint density at radius 2 is 1.88 bits per heavy atom. The van der Waals surface area contributed by atoms with Crippen molar-refractivity contribution >= 4 is 28.8 Å². The van der Waals surface area contributed by atoms with Crippen molar-refractivity contribution in [1.82, 2.24) is 14.5 Å². The van der Waals surface area contributed by atoms with Crippen LogP contribution in [0.3, 0.4) is 0 Å². The van der Waals surface area contributed by atoms with E-state index in [1.165, 1.54) is 16.4 Å². The second-order valence-corrected chi connectivity index (χ2v) is 9.85. The number of phenols is 1. The van der Waals surface area contributed by atoms with E-state index >= 15 is 0 Å². The van der Waals surface area contributed by atoms with Crippen LogP contribution in [-0.2, 0) is 16.1 Å². The molecule has 2 heterocycles. The van der Waals surface area contributed by atoms with Gasteiger partial charge >= 0.3 is 0 Å². The molecule has 0 saturated carbocycles. The van der Waals surface area contributed by atoms with E-state index < -0.39 is 23.0 Å². The molecule has 2 aromatic rings. The summed E-state index contributed by atoms with van der Waals surface area (Å²) < 4.78 is 38.1. The van der Waals surface area contributed by atoms with E-state index in [1.54, 1.807) is 17.0 Å². The monoisotopic (exact) mass is 495 g/mol. The van der Waals surface area contributed by atoms with Gasteiger partial charge in [0.05, 0.1) is 5.92 Å². The van der Waals surface area contributed by atoms with Gasteiger partial charge in [0, 0.05) is 55.8 Å². The molecule has 4 atom stereocenters. The molecule has 3 N–H and O–H groups in total. The van der Waals surface area contributed by atoms with Gasteiger partial charge in [0.15, 0.2) is 0 Å². The molecule has 178 valence electrons. The van der Waals surface area contributed by atoms with E-state index in [9.17, 15) is 23.1 Å². The average molecular weight is 496 g/mol. The number of carbonyl (C=O) groups is 1. The van der Waals surface area contributed by atoms with Gasteiger partial charge in [0.2, 0.25) is 17.2 Å². The minimum absolute atomic E-state index is 0.0916.